The average Bonchev–Trinajstić information content (AvgIpc) is 2.49. The Morgan fingerprint density at radius 1 is 1.14 bits per heavy atom. The van der Waals surface area contributed by atoms with Crippen LogP contribution in [0, 0.1) is 0 Å². The van der Waals surface area contributed by atoms with Crippen LogP contribution < -0.4 is 0 Å². The Hall–Kier alpha value is -1.60. The van der Waals surface area contributed by atoms with Crippen LogP contribution in [-0.4, -0.2) is 37.7 Å². The zero-order valence-electron chi connectivity index (χ0n) is 12.4. The van der Waals surface area contributed by atoms with Crippen LogP contribution in [-0.2, 0) is 15.8 Å². The van der Waals surface area contributed by atoms with Crippen LogP contribution in [0.1, 0.15) is 30.4 Å². The lowest BCUT2D eigenvalue weighted by Gasteiger charge is -2.10. The van der Waals surface area contributed by atoms with E-state index in [0.717, 1.165) is 25.0 Å². The lowest BCUT2D eigenvalue weighted by atomic mass is 10.0. The summed E-state index contributed by atoms with van der Waals surface area (Å²) in [6, 6.07) is 4.79. The third-order valence-corrected chi connectivity index (χ3v) is 2.91. The van der Waals surface area contributed by atoms with Crippen molar-refractivity contribution in [2.75, 3.05) is 26.9 Å². The normalized spacial score (nSPS) is 12.5. The lowest BCUT2D eigenvalue weighted by Crippen LogP contribution is -2.08. The van der Waals surface area contributed by atoms with Crippen LogP contribution in [0.4, 0.5) is 13.2 Å². The standard InChI is InChI=1S/C15H20F3NO3/c1-21-10-3-2-4-14(19-22-11-9-20)12-5-7-13(8-6-12)15(16,17)18/h5-8,20H,2-4,9-11H2,1H3/b19-14-. The molecule has 22 heavy (non-hydrogen) atoms. The van der Waals surface area contributed by atoms with Crippen molar-refractivity contribution in [2.45, 2.75) is 25.4 Å². The average molecular weight is 319 g/mol. The smallest absolute Gasteiger partial charge is 0.393 e. The van der Waals surface area contributed by atoms with Gasteiger partial charge in [-0.2, -0.15) is 13.2 Å². The van der Waals surface area contributed by atoms with Crippen molar-refractivity contribution in [3.05, 3.63) is 35.4 Å². The van der Waals surface area contributed by atoms with Crippen LogP contribution in [0.2, 0.25) is 0 Å². The second-order valence-corrected chi connectivity index (χ2v) is 4.62. The van der Waals surface area contributed by atoms with Crippen LogP contribution in [0.5, 0.6) is 0 Å². The highest BCUT2D eigenvalue weighted by Crippen LogP contribution is 2.29. The van der Waals surface area contributed by atoms with E-state index in [-0.39, 0.29) is 13.2 Å². The molecule has 0 saturated carbocycles. The Kier molecular flexibility index (Phi) is 7.90. The molecule has 4 nitrogen and oxygen atoms in total. The number of aliphatic hydroxyl groups excluding tert-OH is 1. The Morgan fingerprint density at radius 3 is 2.36 bits per heavy atom. The van der Waals surface area contributed by atoms with Gasteiger partial charge in [0.25, 0.3) is 0 Å². The van der Waals surface area contributed by atoms with Gasteiger partial charge in [0.05, 0.1) is 17.9 Å². The molecule has 0 aliphatic rings. The van der Waals surface area contributed by atoms with Gasteiger partial charge < -0.3 is 14.7 Å². The molecule has 0 aromatic heterocycles. The molecule has 0 radical (unpaired) electrons. The van der Waals surface area contributed by atoms with E-state index in [4.69, 9.17) is 14.7 Å². The highest BCUT2D eigenvalue weighted by Gasteiger charge is 2.30. The molecule has 1 rings (SSSR count). The highest BCUT2D eigenvalue weighted by atomic mass is 19.4. The number of aliphatic hydroxyl groups is 1. The molecule has 0 bridgehead atoms. The molecule has 0 aliphatic carbocycles. The number of hydrogen-bond donors (Lipinski definition) is 1. The van der Waals surface area contributed by atoms with Gasteiger partial charge in [-0.15, -0.1) is 0 Å². The Bertz CT molecular complexity index is 458. The molecule has 1 N–H and O–H groups in total. The Labute approximate surface area is 127 Å². The first kappa shape index (κ1) is 18.4. The number of unbranched alkanes of at least 4 members (excludes halogenated alkanes) is 1. The number of oxime groups is 1. The fourth-order valence-corrected chi connectivity index (χ4v) is 1.80. The monoisotopic (exact) mass is 319 g/mol. The van der Waals surface area contributed by atoms with Gasteiger partial charge in [0.1, 0.15) is 6.61 Å². The van der Waals surface area contributed by atoms with Crippen molar-refractivity contribution in [1.82, 2.24) is 0 Å². The second kappa shape index (κ2) is 9.42. The number of methoxy groups -OCH3 is 1. The number of nitrogens with zero attached hydrogens (tertiary/aromatic N) is 1. The summed E-state index contributed by atoms with van der Waals surface area (Å²) in [5.74, 6) is 0. The van der Waals surface area contributed by atoms with Crippen LogP contribution in [0.15, 0.2) is 29.4 Å². The van der Waals surface area contributed by atoms with Gasteiger partial charge in [-0.25, -0.2) is 0 Å². The van der Waals surface area contributed by atoms with E-state index >= 15 is 0 Å². The molecule has 0 atom stereocenters. The molecule has 0 amide bonds. The molecule has 7 heteroatoms. The van der Waals surface area contributed by atoms with Gasteiger partial charge in [-0.1, -0.05) is 17.3 Å². The van der Waals surface area contributed by atoms with E-state index in [0.29, 0.717) is 24.3 Å². The van der Waals surface area contributed by atoms with Gasteiger partial charge in [0.15, 0.2) is 0 Å². The van der Waals surface area contributed by atoms with Crippen LogP contribution in [0.3, 0.4) is 0 Å². The lowest BCUT2D eigenvalue weighted by molar-refractivity contribution is -0.137. The summed E-state index contributed by atoms with van der Waals surface area (Å²) in [7, 11) is 1.61. The molecule has 124 valence electrons. The molecule has 0 saturated heterocycles. The zero-order chi connectivity index (χ0) is 16.4. The van der Waals surface area contributed by atoms with E-state index in [1.165, 1.54) is 12.1 Å². The van der Waals surface area contributed by atoms with E-state index in [1.54, 1.807) is 7.11 Å². The summed E-state index contributed by atoms with van der Waals surface area (Å²) in [4.78, 5) is 4.94. The molecule has 1 aromatic carbocycles. The molecule has 1 aromatic rings. The number of halogens is 3. The molecule has 0 heterocycles. The number of ether oxygens (including phenoxy) is 1. The Morgan fingerprint density at radius 2 is 1.82 bits per heavy atom. The molecular formula is C15H20F3NO3. The van der Waals surface area contributed by atoms with Gasteiger partial charge >= 0.3 is 6.18 Å². The minimum atomic E-state index is -4.36. The van der Waals surface area contributed by atoms with Gasteiger partial charge in [0.2, 0.25) is 0 Å². The zero-order valence-corrected chi connectivity index (χ0v) is 12.4. The predicted octanol–water partition coefficient (Wildman–Crippen LogP) is 3.24. The topological polar surface area (TPSA) is 51.0 Å². The van der Waals surface area contributed by atoms with Gasteiger partial charge in [0, 0.05) is 13.7 Å². The van der Waals surface area contributed by atoms with Gasteiger partial charge in [-0.05, 0) is 37.0 Å². The summed E-state index contributed by atoms with van der Waals surface area (Å²) >= 11 is 0. The number of hydrogen-bond acceptors (Lipinski definition) is 4. The fourth-order valence-electron chi connectivity index (χ4n) is 1.80. The van der Waals surface area contributed by atoms with E-state index in [1.807, 2.05) is 0 Å². The van der Waals surface area contributed by atoms with E-state index in [2.05, 4.69) is 5.16 Å². The van der Waals surface area contributed by atoms with Crippen molar-refractivity contribution in [1.29, 1.82) is 0 Å². The van der Waals surface area contributed by atoms with Crippen molar-refractivity contribution < 1.29 is 27.9 Å². The first-order chi connectivity index (χ1) is 10.5. The van der Waals surface area contributed by atoms with Crippen molar-refractivity contribution in [2.24, 2.45) is 5.16 Å². The predicted molar refractivity (Wildman–Crippen MR) is 76.7 cm³/mol. The first-order valence-electron chi connectivity index (χ1n) is 6.95. The third kappa shape index (κ3) is 6.44. The summed E-state index contributed by atoms with van der Waals surface area (Å²) in [5.41, 5.74) is 0.424. The van der Waals surface area contributed by atoms with E-state index < -0.39 is 11.7 Å². The second-order valence-electron chi connectivity index (χ2n) is 4.62. The molecule has 0 aliphatic heterocycles. The molecule has 0 fully saturated rings. The highest BCUT2D eigenvalue weighted by molar-refractivity contribution is 6.00. The third-order valence-electron chi connectivity index (χ3n) is 2.91. The summed E-state index contributed by atoms with van der Waals surface area (Å²) < 4.78 is 42.6. The van der Waals surface area contributed by atoms with Gasteiger partial charge in [-0.3, -0.25) is 0 Å². The number of benzene rings is 1. The minimum absolute atomic E-state index is 0.0439. The minimum Gasteiger partial charge on any atom is -0.393 e. The van der Waals surface area contributed by atoms with Crippen LogP contribution >= 0.6 is 0 Å². The first-order valence-corrected chi connectivity index (χ1v) is 6.95. The van der Waals surface area contributed by atoms with Crippen LogP contribution in [0.25, 0.3) is 0 Å². The molecule has 0 unspecified atom stereocenters. The largest absolute Gasteiger partial charge is 0.416 e. The Balaban J connectivity index is 2.78. The summed E-state index contributed by atoms with van der Waals surface area (Å²) in [6.07, 6.45) is -2.21. The molecule has 0 spiro atoms. The van der Waals surface area contributed by atoms with Crippen molar-refractivity contribution in [3.8, 4) is 0 Å². The summed E-state index contributed by atoms with van der Waals surface area (Å²) in [6.45, 7) is 0.480. The van der Waals surface area contributed by atoms with E-state index in [9.17, 15) is 13.2 Å². The van der Waals surface area contributed by atoms with Crippen molar-refractivity contribution >= 4 is 5.71 Å². The maximum atomic E-state index is 12.6. The van der Waals surface area contributed by atoms with Crippen molar-refractivity contribution in [3.63, 3.8) is 0 Å². The molecular weight excluding hydrogens is 299 g/mol. The quantitative estimate of drug-likeness (QED) is 0.432. The summed E-state index contributed by atoms with van der Waals surface area (Å²) in [5, 5.41) is 12.6. The maximum absolute atomic E-state index is 12.6. The maximum Gasteiger partial charge on any atom is 0.416 e. The number of alkyl halides is 3. The number of rotatable bonds is 9. The SMILES string of the molecule is COCCCC/C(=N/OCCO)c1ccc(C(F)(F)F)cc1. The fraction of sp³-hybridized carbons (Fsp3) is 0.533.